The number of methoxy groups -OCH3 is 1. The van der Waals surface area contributed by atoms with E-state index in [0.717, 1.165) is 32.4 Å². The Morgan fingerprint density at radius 2 is 2.09 bits per heavy atom. The summed E-state index contributed by atoms with van der Waals surface area (Å²) in [5.41, 5.74) is 0. The standard InChI is InChI=1S/C15H28N4O3S/c1-17-10-6-15-14(13-17)5-3-9-19(15)23(20,21)18(8-4-7-16)11-12-22-2/h14-15H,3-6,8-13H2,1-2H3. The Balaban J connectivity index is 2.15. The predicted octanol–water partition coefficient (Wildman–Crippen LogP) is 0.509. The number of nitrogens with zero attached hydrogens (tertiary/aromatic N) is 4. The largest absolute Gasteiger partial charge is 0.383 e. The summed E-state index contributed by atoms with van der Waals surface area (Å²) in [6.45, 7) is 3.36. The van der Waals surface area contributed by atoms with Gasteiger partial charge in [-0.15, -0.1) is 0 Å². The fraction of sp³-hybridized carbons (Fsp3) is 0.933. The summed E-state index contributed by atoms with van der Waals surface area (Å²) >= 11 is 0. The molecule has 0 aromatic heterocycles. The van der Waals surface area contributed by atoms with Crippen molar-refractivity contribution in [2.45, 2.75) is 31.7 Å². The van der Waals surface area contributed by atoms with Crippen molar-refractivity contribution in [2.24, 2.45) is 5.92 Å². The second-order valence-corrected chi connectivity index (χ2v) is 8.32. The maximum absolute atomic E-state index is 13.1. The molecule has 2 aliphatic heterocycles. The molecule has 0 aromatic carbocycles. The number of ether oxygens (including phenoxy) is 1. The van der Waals surface area contributed by atoms with E-state index in [4.69, 9.17) is 10.00 Å². The highest BCUT2D eigenvalue weighted by molar-refractivity contribution is 7.86. The lowest BCUT2D eigenvalue weighted by atomic mass is 9.86. The first-order valence-electron chi connectivity index (χ1n) is 8.32. The molecular weight excluding hydrogens is 316 g/mol. The van der Waals surface area contributed by atoms with Gasteiger partial charge in [0.05, 0.1) is 12.7 Å². The SMILES string of the molecule is COCCN(CCC#N)S(=O)(=O)N1CCCC2CN(C)CCC21. The Labute approximate surface area is 140 Å². The smallest absolute Gasteiger partial charge is 0.282 e. The molecule has 23 heavy (non-hydrogen) atoms. The summed E-state index contributed by atoms with van der Waals surface area (Å²) in [6.07, 6.45) is 3.09. The lowest BCUT2D eigenvalue weighted by molar-refractivity contribution is 0.0765. The fourth-order valence-electron chi connectivity index (χ4n) is 3.68. The van der Waals surface area contributed by atoms with Gasteiger partial charge >= 0.3 is 0 Å². The number of likely N-dealkylation sites (tertiary alicyclic amines) is 1. The van der Waals surface area contributed by atoms with Crippen molar-refractivity contribution in [3.8, 4) is 6.07 Å². The van der Waals surface area contributed by atoms with Gasteiger partial charge in [0.1, 0.15) is 0 Å². The average Bonchev–Trinajstić information content (AvgIpc) is 2.53. The predicted molar refractivity (Wildman–Crippen MR) is 87.9 cm³/mol. The van der Waals surface area contributed by atoms with E-state index in [1.807, 2.05) is 6.07 Å². The first kappa shape index (κ1) is 18.6. The zero-order valence-electron chi connectivity index (χ0n) is 14.1. The molecular formula is C15H28N4O3S. The van der Waals surface area contributed by atoms with Crippen LogP contribution in [0.5, 0.6) is 0 Å². The molecule has 7 nitrogen and oxygen atoms in total. The molecule has 0 N–H and O–H groups in total. The average molecular weight is 344 g/mol. The summed E-state index contributed by atoms with van der Waals surface area (Å²) in [5, 5.41) is 8.81. The highest BCUT2D eigenvalue weighted by Crippen LogP contribution is 2.32. The van der Waals surface area contributed by atoms with E-state index in [1.165, 1.54) is 4.31 Å². The first-order valence-corrected chi connectivity index (χ1v) is 9.71. The topological polar surface area (TPSA) is 76.9 Å². The summed E-state index contributed by atoms with van der Waals surface area (Å²) in [7, 11) is 0.118. The van der Waals surface area contributed by atoms with Crippen molar-refractivity contribution in [3.05, 3.63) is 0 Å². The van der Waals surface area contributed by atoms with Crippen LogP contribution in [0.4, 0.5) is 0 Å². The van der Waals surface area contributed by atoms with Gasteiger partial charge in [0.25, 0.3) is 10.2 Å². The van der Waals surface area contributed by atoms with Crippen molar-refractivity contribution >= 4 is 10.2 Å². The quantitative estimate of drug-likeness (QED) is 0.672. The summed E-state index contributed by atoms with van der Waals surface area (Å²) in [4.78, 5) is 2.29. The molecule has 2 unspecified atom stereocenters. The third kappa shape index (κ3) is 4.43. The third-order valence-corrected chi connectivity index (χ3v) is 6.92. The normalized spacial score (nSPS) is 26.9. The summed E-state index contributed by atoms with van der Waals surface area (Å²) in [6, 6.07) is 2.13. The van der Waals surface area contributed by atoms with Crippen LogP contribution in [0, 0.1) is 17.2 Å². The fourth-order valence-corrected chi connectivity index (χ4v) is 5.59. The zero-order chi connectivity index (χ0) is 16.9. The van der Waals surface area contributed by atoms with E-state index in [0.29, 0.717) is 25.6 Å². The Morgan fingerprint density at radius 3 is 2.78 bits per heavy atom. The van der Waals surface area contributed by atoms with E-state index in [-0.39, 0.29) is 19.0 Å². The minimum atomic E-state index is -3.54. The van der Waals surface area contributed by atoms with Crippen molar-refractivity contribution < 1.29 is 13.2 Å². The van der Waals surface area contributed by atoms with Crippen LogP contribution in [0.3, 0.4) is 0 Å². The van der Waals surface area contributed by atoms with Crippen molar-refractivity contribution in [2.75, 3.05) is 53.5 Å². The number of piperidine rings is 2. The second-order valence-electron chi connectivity index (χ2n) is 6.44. The van der Waals surface area contributed by atoms with Gasteiger partial charge in [-0.05, 0) is 38.8 Å². The molecule has 2 saturated heterocycles. The van der Waals surface area contributed by atoms with Crippen LogP contribution in [-0.4, -0.2) is 81.5 Å². The lowest BCUT2D eigenvalue weighted by Crippen LogP contribution is -2.58. The molecule has 2 aliphatic rings. The molecule has 0 aromatic rings. The van der Waals surface area contributed by atoms with Crippen LogP contribution < -0.4 is 0 Å². The Hall–Kier alpha value is -0.720. The molecule has 2 rings (SSSR count). The second kappa shape index (κ2) is 8.40. The van der Waals surface area contributed by atoms with Crippen LogP contribution in [0.1, 0.15) is 25.7 Å². The number of fused-ring (bicyclic) bond motifs is 1. The first-order chi connectivity index (χ1) is 11.0. The van der Waals surface area contributed by atoms with Gasteiger partial charge in [-0.1, -0.05) is 0 Å². The molecule has 2 atom stereocenters. The molecule has 132 valence electrons. The highest BCUT2D eigenvalue weighted by atomic mass is 32.2. The van der Waals surface area contributed by atoms with Gasteiger partial charge in [-0.2, -0.15) is 22.3 Å². The molecule has 2 heterocycles. The number of hydrogen-bond acceptors (Lipinski definition) is 5. The Bertz CT molecular complexity index is 519. The lowest BCUT2D eigenvalue weighted by Gasteiger charge is -2.46. The summed E-state index contributed by atoms with van der Waals surface area (Å²) < 4.78 is 34.4. The van der Waals surface area contributed by atoms with Crippen molar-refractivity contribution in [3.63, 3.8) is 0 Å². The zero-order valence-corrected chi connectivity index (χ0v) is 15.0. The van der Waals surface area contributed by atoms with Crippen molar-refractivity contribution in [1.29, 1.82) is 5.26 Å². The number of nitriles is 1. The van der Waals surface area contributed by atoms with Crippen LogP contribution in [0.15, 0.2) is 0 Å². The molecule has 0 bridgehead atoms. The van der Waals surface area contributed by atoms with E-state index < -0.39 is 10.2 Å². The molecule has 0 spiro atoms. The number of hydrogen-bond donors (Lipinski definition) is 0. The Kier molecular flexibility index (Phi) is 6.80. The molecule has 8 heteroatoms. The van der Waals surface area contributed by atoms with Crippen LogP contribution >= 0.6 is 0 Å². The number of rotatable bonds is 7. The maximum atomic E-state index is 13.1. The van der Waals surface area contributed by atoms with Gasteiger partial charge in [-0.25, -0.2) is 0 Å². The molecule has 0 aliphatic carbocycles. The van der Waals surface area contributed by atoms with Crippen molar-refractivity contribution in [1.82, 2.24) is 13.5 Å². The van der Waals surface area contributed by atoms with E-state index in [9.17, 15) is 8.42 Å². The van der Waals surface area contributed by atoms with Crippen LogP contribution in [0.2, 0.25) is 0 Å². The monoisotopic (exact) mass is 344 g/mol. The van der Waals surface area contributed by atoms with Crippen LogP contribution in [0.25, 0.3) is 0 Å². The highest BCUT2D eigenvalue weighted by Gasteiger charge is 2.42. The molecule has 0 saturated carbocycles. The third-order valence-electron chi connectivity index (χ3n) is 4.86. The van der Waals surface area contributed by atoms with E-state index in [2.05, 4.69) is 11.9 Å². The van der Waals surface area contributed by atoms with E-state index >= 15 is 0 Å². The molecule has 0 amide bonds. The summed E-state index contributed by atoms with van der Waals surface area (Å²) in [5.74, 6) is 0.414. The minimum absolute atomic E-state index is 0.0945. The van der Waals surface area contributed by atoms with E-state index in [1.54, 1.807) is 11.4 Å². The van der Waals surface area contributed by atoms with Gasteiger partial charge in [0, 0.05) is 45.8 Å². The minimum Gasteiger partial charge on any atom is -0.383 e. The molecule has 0 radical (unpaired) electrons. The maximum Gasteiger partial charge on any atom is 0.282 e. The van der Waals surface area contributed by atoms with Gasteiger partial charge < -0.3 is 9.64 Å². The van der Waals surface area contributed by atoms with Gasteiger partial charge in [0.2, 0.25) is 0 Å². The van der Waals surface area contributed by atoms with Crippen LogP contribution in [-0.2, 0) is 14.9 Å². The molecule has 2 fully saturated rings. The van der Waals surface area contributed by atoms with Gasteiger partial charge in [-0.3, -0.25) is 0 Å². The van der Waals surface area contributed by atoms with Gasteiger partial charge in [0.15, 0.2) is 0 Å². The Morgan fingerprint density at radius 1 is 1.30 bits per heavy atom.